The Morgan fingerprint density at radius 3 is 2.79 bits per heavy atom. The topological polar surface area (TPSA) is 9.23 Å². The Labute approximate surface area is 87.5 Å². The first kappa shape index (κ1) is 8.49. The normalized spacial score (nSPS) is 31.2. The molecule has 1 aliphatic carbocycles. The molecule has 0 aliphatic heterocycles. The van der Waals surface area contributed by atoms with E-state index in [4.69, 9.17) is 6.11 Å². The van der Waals surface area contributed by atoms with Gasteiger partial charge in [-0.15, -0.1) is 0 Å². The summed E-state index contributed by atoms with van der Waals surface area (Å²) in [5, 5.41) is 0. The molecule has 1 saturated carbocycles. The molecule has 1 aromatic carbocycles. The van der Waals surface area contributed by atoms with Crippen LogP contribution in [-0.4, -0.2) is 6.61 Å². The second-order valence-corrected chi connectivity index (χ2v) is 3.93. The SMILES string of the molecule is [2H][C@H]1[C@@H](COCc2ccccc2)[C@H]1CC. The van der Waals surface area contributed by atoms with Gasteiger partial charge in [0, 0.05) is 1.37 Å². The molecule has 76 valence electrons. The Balaban J connectivity index is 1.68. The molecule has 0 spiro atoms. The van der Waals surface area contributed by atoms with Gasteiger partial charge in [0.2, 0.25) is 0 Å². The minimum Gasteiger partial charge on any atom is -0.376 e. The van der Waals surface area contributed by atoms with Crippen LogP contribution < -0.4 is 0 Å². The average molecular weight is 191 g/mol. The summed E-state index contributed by atoms with van der Waals surface area (Å²) < 4.78 is 13.3. The van der Waals surface area contributed by atoms with Crippen LogP contribution in [0.2, 0.25) is 0 Å². The predicted octanol–water partition coefficient (Wildman–Crippen LogP) is 3.25. The van der Waals surface area contributed by atoms with Crippen molar-refractivity contribution in [1.82, 2.24) is 0 Å². The van der Waals surface area contributed by atoms with E-state index in [1.165, 1.54) is 5.56 Å². The lowest BCUT2D eigenvalue weighted by Crippen LogP contribution is -1.98. The summed E-state index contributed by atoms with van der Waals surface area (Å²) in [7, 11) is 0. The molecule has 1 aromatic rings. The van der Waals surface area contributed by atoms with Crippen molar-refractivity contribution in [3.05, 3.63) is 35.9 Å². The molecule has 14 heavy (non-hydrogen) atoms. The van der Waals surface area contributed by atoms with E-state index < -0.39 is 0 Å². The molecule has 0 unspecified atom stereocenters. The molecule has 1 aliphatic rings. The molecule has 0 aromatic heterocycles. The van der Waals surface area contributed by atoms with Crippen LogP contribution in [0.1, 0.15) is 26.7 Å². The van der Waals surface area contributed by atoms with Gasteiger partial charge in [0.05, 0.1) is 13.2 Å². The van der Waals surface area contributed by atoms with Gasteiger partial charge >= 0.3 is 0 Å². The van der Waals surface area contributed by atoms with Crippen molar-refractivity contribution >= 4 is 0 Å². The zero-order valence-corrected chi connectivity index (χ0v) is 8.65. The molecule has 1 heteroatoms. The van der Waals surface area contributed by atoms with E-state index >= 15 is 0 Å². The zero-order valence-electron chi connectivity index (χ0n) is 9.65. The van der Waals surface area contributed by atoms with E-state index in [2.05, 4.69) is 19.1 Å². The van der Waals surface area contributed by atoms with Gasteiger partial charge in [0.15, 0.2) is 0 Å². The first-order chi connectivity index (χ1) is 7.33. The van der Waals surface area contributed by atoms with E-state index in [1.54, 1.807) is 0 Å². The highest BCUT2D eigenvalue weighted by atomic mass is 16.5. The highest BCUT2D eigenvalue weighted by molar-refractivity contribution is 5.13. The molecule has 0 N–H and O–H groups in total. The third-order valence-corrected chi connectivity index (χ3v) is 2.80. The van der Waals surface area contributed by atoms with Crippen molar-refractivity contribution < 1.29 is 6.11 Å². The number of ether oxygens (including phenoxy) is 1. The fraction of sp³-hybridized carbons (Fsp3) is 0.538. The second kappa shape index (κ2) is 4.61. The van der Waals surface area contributed by atoms with Crippen molar-refractivity contribution in [2.75, 3.05) is 6.61 Å². The van der Waals surface area contributed by atoms with Gasteiger partial charge in [-0.05, 0) is 23.8 Å². The van der Waals surface area contributed by atoms with Crippen LogP contribution >= 0.6 is 0 Å². The van der Waals surface area contributed by atoms with Gasteiger partial charge in [0.1, 0.15) is 0 Å². The summed E-state index contributed by atoms with van der Waals surface area (Å²) in [6.07, 6.45) is 1.25. The number of rotatable bonds is 5. The molecule has 0 radical (unpaired) electrons. The first-order valence-electron chi connectivity index (χ1n) is 5.94. The Morgan fingerprint density at radius 2 is 2.14 bits per heavy atom. The highest BCUT2D eigenvalue weighted by Gasteiger charge is 2.34. The maximum absolute atomic E-state index is 7.71. The van der Waals surface area contributed by atoms with Gasteiger partial charge in [-0.25, -0.2) is 0 Å². The third-order valence-electron chi connectivity index (χ3n) is 2.80. The quantitative estimate of drug-likeness (QED) is 0.694. The van der Waals surface area contributed by atoms with Crippen LogP contribution in [0.3, 0.4) is 0 Å². The highest BCUT2D eigenvalue weighted by Crippen LogP contribution is 2.41. The van der Waals surface area contributed by atoms with Gasteiger partial charge in [-0.3, -0.25) is 0 Å². The average Bonchev–Trinajstić information content (AvgIpc) is 2.90. The molecule has 1 nitrogen and oxygen atoms in total. The van der Waals surface area contributed by atoms with Crippen LogP contribution in [0, 0.1) is 11.8 Å². The number of hydrogen-bond acceptors (Lipinski definition) is 1. The Hall–Kier alpha value is -0.820. The molecule has 0 heterocycles. The lowest BCUT2D eigenvalue weighted by Gasteiger charge is -2.03. The monoisotopic (exact) mass is 191 g/mol. The molecule has 2 rings (SSSR count). The van der Waals surface area contributed by atoms with Crippen LogP contribution in [0.4, 0.5) is 0 Å². The van der Waals surface area contributed by atoms with Crippen molar-refractivity contribution in [3.63, 3.8) is 0 Å². The van der Waals surface area contributed by atoms with E-state index in [-0.39, 0.29) is 6.40 Å². The van der Waals surface area contributed by atoms with E-state index in [1.807, 2.05) is 18.2 Å². The summed E-state index contributed by atoms with van der Waals surface area (Å²) in [6, 6.07) is 10.2. The lowest BCUT2D eigenvalue weighted by atomic mass is 10.2. The number of hydrogen-bond donors (Lipinski definition) is 0. The maximum atomic E-state index is 7.71. The van der Waals surface area contributed by atoms with Crippen LogP contribution in [0.15, 0.2) is 30.3 Å². The molecular formula is C13H18O. The van der Waals surface area contributed by atoms with Crippen LogP contribution in [0.5, 0.6) is 0 Å². The van der Waals surface area contributed by atoms with Gasteiger partial charge < -0.3 is 4.74 Å². The van der Waals surface area contributed by atoms with Crippen LogP contribution in [-0.2, 0) is 11.3 Å². The molecule has 0 saturated heterocycles. The van der Waals surface area contributed by atoms with Gasteiger partial charge in [-0.1, -0.05) is 43.7 Å². The first-order valence-corrected chi connectivity index (χ1v) is 5.37. The van der Waals surface area contributed by atoms with Gasteiger partial charge in [-0.2, -0.15) is 0 Å². The molecule has 3 atom stereocenters. The van der Waals surface area contributed by atoms with Crippen molar-refractivity contribution in [2.24, 2.45) is 11.8 Å². The zero-order chi connectivity index (χ0) is 10.7. The minimum absolute atomic E-state index is 0.130. The Kier molecular flexibility index (Phi) is 2.79. The smallest absolute Gasteiger partial charge is 0.0717 e. The molecule has 0 bridgehead atoms. The third kappa shape index (κ3) is 2.58. The second-order valence-electron chi connectivity index (χ2n) is 3.93. The lowest BCUT2D eigenvalue weighted by molar-refractivity contribution is 0.107. The number of benzene rings is 1. The molecule has 0 amide bonds. The summed E-state index contributed by atoms with van der Waals surface area (Å²) in [4.78, 5) is 0. The van der Waals surface area contributed by atoms with Crippen molar-refractivity contribution in [2.45, 2.75) is 26.3 Å². The molecular weight excluding hydrogens is 172 g/mol. The molecule has 1 fully saturated rings. The summed E-state index contributed by atoms with van der Waals surface area (Å²) in [5.41, 5.74) is 1.22. The Bertz CT molecular complexity index is 299. The fourth-order valence-electron chi connectivity index (χ4n) is 1.76. The van der Waals surface area contributed by atoms with Crippen LogP contribution in [0.25, 0.3) is 0 Å². The van der Waals surface area contributed by atoms with E-state index in [0.717, 1.165) is 13.0 Å². The fourth-order valence-corrected chi connectivity index (χ4v) is 1.76. The maximum Gasteiger partial charge on any atom is 0.0717 e. The van der Waals surface area contributed by atoms with E-state index in [9.17, 15) is 0 Å². The summed E-state index contributed by atoms with van der Waals surface area (Å²) >= 11 is 0. The Morgan fingerprint density at radius 1 is 1.36 bits per heavy atom. The van der Waals surface area contributed by atoms with E-state index in [0.29, 0.717) is 18.4 Å². The predicted molar refractivity (Wildman–Crippen MR) is 58.0 cm³/mol. The van der Waals surface area contributed by atoms with Crippen molar-refractivity contribution in [1.29, 1.82) is 0 Å². The standard InChI is InChI=1S/C13H18O/c1-2-12-8-13(12)10-14-9-11-6-4-3-5-7-11/h3-7,12-13H,2,8-10H2,1H3/t12-,13-/m0/s1/i8D/t8-,12+,13+/m1. The summed E-state index contributed by atoms with van der Waals surface area (Å²) in [6.45, 7) is 3.59. The summed E-state index contributed by atoms with van der Waals surface area (Å²) in [5.74, 6) is 1.07. The van der Waals surface area contributed by atoms with Crippen molar-refractivity contribution in [3.8, 4) is 0 Å². The minimum atomic E-state index is 0.130. The largest absolute Gasteiger partial charge is 0.376 e. The van der Waals surface area contributed by atoms with Gasteiger partial charge in [0.25, 0.3) is 0 Å².